The number of methoxy groups -OCH3 is 2. The summed E-state index contributed by atoms with van der Waals surface area (Å²) in [6, 6.07) is 13.7. The number of amides is 2. The lowest BCUT2D eigenvalue weighted by Crippen LogP contribution is -2.15. The molecular formula is C23H21N5O4. The number of nitrogens with one attached hydrogen (secondary N) is 2. The van der Waals surface area contributed by atoms with Gasteiger partial charge in [-0.1, -0.05) is 18.2 Å². The van der Waals surface area contributed by atoms with Gasteiger partial charge in [0.2, 0.25) is 0 Å². The number of anilines is 2. The van der Waals surface area contributed by atoms with E-state index in [9.17, 15) is 9.59 Å². The Morgan fingerprint density at radius 1 is 0.906 bits per heavy atom. The summed E-state index contributed by atoms with van der Waals surface area (Å²) in [5.41, 5.74) is 2.63. The van der Waals surface area contributed by atoms with Crippen LogP contribution >= 0.6 is 0 Å². The van der Waals surface area contributed by atoms with Gasteiger partial charge in [-0.05, 0) is 25.1 Å². The van der Waals surface area contributed by atoms with Gasteiger partial charge in [-0.3, -0.25) is 9.59 Å². The first kappa shape index (κ1) is 20.9. The summed E-state index contributed by atoms with van der Waals surface area (Å²) < 4.78 is 12.4. The maximum atomic E-state index is 13.1. The molecule has 0 unspecified atom stereocenters. The Bertz CT molecular complexity index is 1300. The monoisotopic (exact) mass is 431 g/mol. The minimum Gasteiger partial charge on any atom is -0.494 e. The second kappa shape index (κ2) is 8.76. The van der Waals surface area contributed by atoms with E-state index in [1.807, 2.05) is 6.07 Å². The van der Waals surface area contributed by atoms with E-state index in [0.717, 1.165) is 0 Å². The highest BCUT2D eigenvalue weighted by atomic mass is 16.5. The van der Waals surface area contributed by atoms with E-state index < -0.39 is 5.91 Å². The molecule has 0 spiro atoms. The molecular weight excluding hydrogens is 410 g/mol. The average Bonchev–Trinajstić information content (AvgIpc) is 3.15. The Labute approximate surface area is 184 Å². The van der Waals surface area contributed by atoms with Gasteiger partial charge in [-0.2, -0.15) is 5.10 Å². The number of hydrogen-bond acceptors (Lipinski definition) is 6. The van der Waals surface area contributed by atoms with Crippen molar-refractivity contribution in [3.8, 4) is 11.5 Å². The SMILES string of the molecule is COc1cc(NC(=O)c2c(C)nn3cccnc23)c(OC)cc1NC(=O)c1ccccc1. The minimum absolute atomic E-state index is 0.296. The van der Waals surface area contributed by atoms with Gasteiger partial charge < -0.3 is 20.1 Å². The lowest BCUT2D eigenvalue weighted by Gasteiger charge is -2.16. The molecule has 0 saturated carbocycles. The van der Waals surface area contributed by atoms with Crippen molar-refractivity contribution in [2.24, 2.45) is 0 Å². The molecule has 0 aliphatic rings. The summed E-state index contributed by atoms with van der Waals surface area (Å²) >= 11 is 0. The molecule has 0 atom stereocenters. The van der Waals surface area contributed by atoms with Crippen LogP contribution in [0.15, 0.2) is 60.9 Å². The van der Waals surface area contributed by atoms with E-state index in [0.29, 0.717) is 45.3 Å². The Balaban J connectivity index is 1.65. The van der Waals surface area contributed by atoms with Gasteiger partial charge in [0.25, 0.3) is 11.8 Å². The molecule has 0 aliphatic heterocycles. The summed E-state index contributed by atoms with van der Waals surface area (Å²) in [7, 11) is 2.95. The highest BCUT2D eigenvalue weighted by Crippen LogP contribution is 2.37. The number of aromatic nitrogens is 3. The molecule has 4 aromatic rings. The number of hydrogen-bond donors (Lipinski definition) is 2. The van der Waals surface area contributed by atoms with Crippen molar-refractivity contribution in [3.63, 3.8) is 0 Å². The number of nitrogens with zero attached hydrogens (tertiary/aromatic N) is 3. The second-order valence-electron chi connectivity index (χ2n) is 6.88. The minimum atomic E-state index is -0.391. The maximum Gasteiger partial charge on any atom is 0.261 e. The maximum absolute atomic E-state index is 13.1. The first-order valence-electron chi connectivity index (χ1n) is 9.75. The fraction of sp³-hybridized carbons (Fsp3) is 0.130. The van der Waals surface area contributed by atoms with Gasteiger partial charge >= 0.3 is 0 Å². The fourth-order valence-electron chi connectivity index (χ4n) is 3.32. The lowest BCUT2D eigenvalue weighted by molar-refractivity contribution is 0.101. The zero-order valence-electron chi connectivity index (χ0n) is 17.7. The van der Waals surface area contributed by atoms with Gasteiger partial charge in [-0.25, -0.2) is 9.50 Å². The molecule has 0 radical (unpaired) electrons. The summed E-state index contributed by atoms with van der Waals surface area (Å²) in [6.45, 7) is 1.74. The number of fused-ring (bicyclic) bond motifs is 1. The van der Waals surface area contributed by atoms with Crippen LogP contribution in [0.25, 0.3) is 5.65 Å². The smallest absolute Gasteiger partial charge is 0.261 e. The molecule has 0 aliphatic carbocycles. The van der Waals surface area contributed by atoms with Crippen molar-refractivity contribution in [2.45, 2.75) is 6.92 Å². The Hall–Kier alpha value is -4.40. The van der Waals surface area contributed by atoms with Crippen LogP contribution in [0.3, 0.4) is 0 Å². The molecule has 2 aromatic heterocycles. The van der Waals surface area contributed by atoms with E-state index in [1.165, 1.54) is 14.2 Å². The van der Waals surface area contributed by atoms with Crippen molar-refractivity contribution in [1.29, 1.82) is 0 Å². The number of carbonyl (C=O) groups is 2. The molecule has 162 valence electrons. The highest BCUT2D eigenvalue weighted by molar-refractivity contribution is 6.10. The third-order valence-corrected chi connectivity index (χ3v) is 4.85. The standard InChI is InChI=1S/C23H21N5O4/c1-14-20(21-24-10-7-11-28(21)27-14)23(30)26-17-13-18(31-2)16(12-19(17)32-3)25-22(29)15-8-5-4-6-9-15/h4-13H,1-3H3,(H,25,29)(H,26,30). The van der Waals surface area contributed by atoms with Gasteiger partial charge in [0.05, 0.1) is 31.3 Å². The predicted octanol–water partition coefficient (Wildman–Crippen LogP) is 3.56. The Kier molecular flexibility index (Phi) is 5.71. The molecule has 2 aromatic carbocycles. The molecule has 9 heteroatoms. The van der Waals surface area contributed by atoms with Crippen LogP contribution in [-0.4, -0.2) is 40.6 Å². The molecule has 2 N–H and O–H groups in total. The zero-order valence-corrected chi connectivity index (χ0v) is 17.7. The number of ether oxygens (including phenoxy) is 2. The first-order valence-corrected chi connectivity index (χ1v) is 9.75. The van der Waals surface area contributed by atoms with Crippen LogP contribution < -0.4 is 20.1 Å². The Morgan fingerprint density at radius 3 is 2.16 bits per heavy atom. The van der Waals surface area contributed by atoms with E-state index in [4.69, 9.17) is 9.47 Å². The molecule has 9 nitrogen and oxygen atoms in total. The van der Waals surface area contributed by atoms with Gasteiger partial charge in [0, 0.05) is 30.1 Å². The molecule has 0 saturated heterocycles. The molecule has 4 rings (SSSR count). The van der Waals surface area contributed by atoms with Crippen LogP contribution in [0.5, 0.6) is 11.5 Å². The number of rotatable bonds is 6. The largest absolute Gasteiger partial charge is 0.494 e. The number of aryl methyl sites for hydroxylation is 1. The van der Waals surface area contributed by atoms with Gasteiger partial charge in [0.15, 0.2) is 5.65 Å². The van der Waals surface area contributed by atoms with Crippen LogP contribution in [0.2, 0.25) is 0 Å². The first-order chi connectivity index (χ1) is 15.5. The fourth-order valence-corrected chi connectivity index (χ4v) is 3.32. The second-order valence-corrected chi connectivity index (χ2v) is 6.88. The highest BCUT2D eigenvalue weighted by Gasteiger charge is 2.21. The van der Waals surface area contributed by atoms with Gasteiger partial charge in [-0.15, -0.1) is 0 Å². The van der Waals surface area contributed by atoms with Crippen molar-refractivity contribution < 1.29 is 19.1 Å². The van der Waals surface area contributed by atoms with E-state index in [1.54, 1.807) is 66.3 Å². The summed E-state index contributed by atoms with van der Waals surface area (Å²) in [4.78, 5) is 29.9. The van der Waals surface area contributed by atoms with Crippen molar-refractivity contribution in [1.82, 2.24) is 14.6 Å². The summed E-state index contributed by atoms with van der Waals surface area (Å²) in [5.74, 6) is 0.0260. The third kappa shape index (κ3) is 3.95. The molecule has 32 heavy (non-hydrogen) atoms. The average molecular weight is 431 g/mol. The van der Waals surface area contributed by atoms with E-state index in [2.05, 4.69) is 20.7 Å². The van der Waals surface area contributed by atoms with Crippen LogP contribution in [-0.2, 0) is 0 Å². The topological polar surface area (TPSA) is 107 Å². The Morgan fingerprint density at radius 2 is 1.53 bits per heavy atom. The van der Waals surface area contributed by atoms with Crippen LogP contribution in [0.1, 0.15) is 26.4 Å². The van der Waals surface area contributed by atoms with Gasteiger partial charge in [0.1, 0.15) is 17.1 Å². The quantitative estimate of drug-likeness (QED) is 0.483. The third-order valence-electron chi connectivity index (χ3n) is 4.85. The van der Waals surface area contributed by atoms with Crippen molar-refractivity contribution in [3.05, 3.63) is 77.7 Å². The van der Waals surface area contributed by atoms with E-state index >= 15 is 0 Å². The van der Waals surface area contributed by atoms with Crippen LogP contribution in [0.4, 0.5) is 11.4 Å². The number of carbonyl (C=O) groups excluding carboxylic acids is 2. The molecule has 0 fully saturated rings. The molecule has 2 amide bonds. The normalized spacial score (nSPS) is 10.6. The van der Waals surface area contributed by atoms with E-state index in [-0.39, 0.29) is 5.91 Å². The summed E-state index contributed by atoms with van der Waals surface area (Å²) in [5, 5.41) is 9.97. The predicted molar refractivity (Wildman–Crippen MR) is 120 cm³/mol. The summed E-state index contributed by atoms with van der Waals surface area (Å²) in [6.07, 6.45) is 3.32. The number of benzene rings is 2. The zero-order chi connectivity index (χ0) is 22.7. The lowest BCUT2D eigenvalue weighted by atomic mass is 10.1. The van der Waals surface area contributed by atoms with Crippen LogP contribution in [0, 0.1) is 6.92 Å². The molecule has 0 bridgehead atoms. The molecule has 2 heterocycles. The van der Waals surface area contributed by atoms with Crippen molar-refractivity contribution in [2.75, 3.05) is 24.9 Å². The van der Waals surface area contributed by atoms with Crippen molar-refractivity contribution >= 4 is 28.8 Å².